The minimum Gasteiger partial charge on any atom is -0.457 e. The molecule has 0 saturated carbocycles. The molecule has 0 unspecified atom stereocenters. The Balaban J connectivity index is 1.18. The van der Waals surface area contributed by atoms with Crippen molar-refractivity contribution in [2.24, 2.45) is 5.11 Å². The molecule has 0 aliphatic carbocycles. The zero-order chi connectivity index (χ0) is 32.2. The van der Waals surface area contributed by atoms with Crippen LogP contribution in [0.4, 0.5) is 28.7 Å². The van der Waals surface area contributed by atoms with Gasteiger partial charge in [-0.05, 0) is 67.2 Å². The molecule has 0 spiro atoms. The maximum atomic E-state index is 12.5. The zero-order valence-corrected chi connectivity index (χ0v) is 25.6. The third kappa shape index (κ3) is 12.6. The van der Waals surface area contributed by atoms with Crippen molar-refractivity contribution < 1.29 is 19.0 Å². The fourth-order valence-corrected chi connectivity index (χ4v) is 4.00. The predicted molar refractivity (Wildman–Crippen MR) is 179 cm³/mol. The van der Waals surface area contributed by atoms with E-state index in [1.165, 1.54) is 12.4 Å². The molecule has 46 heavy (non-hydrogen) atoms. The van der Waals surface area contributed by atoms with Crippen molar-refractivity contribution in [3.05, 3.63) is 114 Å². The average molecular weight is 624 g/mol. The Labute approximate surface area is 267 Å². The number of carbonyl (C=O) groups excluding carboxylic acids is 1. The molecular formula is C33H37N9O4. The Hall–Kier alpha value is -5.46. The van der Waals surface area contributed by atoms with E-state index >= 15 is 0 Å². The maximum Gasteiger partial charge on any atom is 0.248 e. The van der Waals surface area contributed by atoms with Gasteiger partial charge in [-0.2, -0.15) is 0 Å². The summed E-state index contributed by atoms with van der Waals surface area (Å²) < 4.78 is 16.7. The highest BCUT2D eigenvalue weighted by atomic mass is 16.5. The van der Waals surface area contributed by atoms with Crippen LogP contribution in [0.5, 0.6) is 11.5 Å². The van der Waals surface area contributed by atoms with E-state index in [-0.39, 0.29) is 5.91 Å². The van der Waals surface area contributed by atoms with Crippen LogP contribution in [0.3, 0.4) is 0 Å². The Morgan fingerprint density at radius 3 is 2.30 bits per heavy atom. The summed E-state index contributed by atoms with van der Waals surface area (Å²) in [5, 5.41) is 12.8. The molecule has 0 bridgehead atoms. The van der Waals surface area contributed by atoms with Gasteiger partial charge in [0.1, 0.15) is 29.5 Å². The van der Waals surface area contributed by atoms with E-state index in [9.17, 15) is 4.79 Å². The molecule has 0 fully saturated rings. The minimum atomic E-state index is -0.228. The van der Waals surface area contributed by atoms with Gasteiger partial charge in [0.15, 0.2) is 0 Å². The van der Waals surface area contributed by atoms with Crippen molar-refractivity contribution in [1.29, 1.82) is 0 Å². The molecule has 1 heterocycles. The maximum absolute atomic E-state index is 12.5. The van der Waals surface area contributed by atoms with Gasteiger partial charge in [0, 0.05) is 53.8 Å². The first-order valence-corrected chi connectivity index (χ1v) is 14.7. The van der Waals surface area contributed by atoms with Crippen LogP contribution < -0.4 is 20.7 Å². The predicted octanol–water partition coefficient (Wildman–Crippen LogP) is 6.53. The first-order valence-electron chi connectivity index (χ1n) is 14.7. The quantitative estimate of drug-likeness (QED) is 0.0347. The molecule has 238 valence electrons. The molecule has 3 N–H and O–H groups in total. The second kappa shape index (κ2) is 19.0. The van der Waals surface area contributed by atoms with Crippen molar-refractivity contribution in [2.75, 3.05) is 69.1 Å². The lowest BCUT2D eigenvalue weighted by Crippen LogP contribution is -2.24. The molecule has 13 heteroatoms. The molecule has 4 rings (SSSR count). The zero-order valence-electron chi connectivity index (χ0n) is 25.6. The second-order valence-electron chi connectivity index (χ2n) is 9.89. The van der Waals surface area contributed by atoms with Crippen LogP contribution in [0.1, 0.15) is 0 Å². The van der Waals surface area contributed by atoms with Gasteiger partial charge in [-0.15, -0.1) is 0 Å². The molecule has 0 aliphatic rings. The summed E-state index contributed by atoms with van der Waals surface area (Å²) >= 11 is 0. The largest absolute Gasteiger partial charge is 0.457 e. The highest BCUT2D eigenvalue weighted by Gasteiger charge is 2.05. The van der Waals surface area contributed by atoms with Gasteiger partial charge >= 0.3 is 0 Å². The normalized spacial score (nSPS) is 10.8. The van der Waals surface area contributed by atoms with Gasteiger partial charge in [0.2, 0.25) is 5.91 Å². The van der Waals surface area contributed by atoms with Crippen LogP contribution in [0.25, 0.3) is 10.4 Å². The Morgan fingerprint density at radius 1 is 0.848 bits per heavy atom. The van der Waals surface area contributed by atoms with E-state index in [0.29, 0.717) is 63.4 Å². The van der Waals surface area contributed by atoms with Crippen molar-refractivity contribution in [1.82, 2.24) is 14.9 Å². The van der Waals surface area contributed by atoms with E-state index < -0.39 is 0 Å². The van der Waals surface area contributed by atoms with Crippen LogP contribution in [0.2, 0.25) is 0 Å². The number of hydrogen-bond acceptors (Lipinski definition) is 10. The van der Waals surface area contributed by atoms with E-state index in [2.05, 4.69) is 35.9 Å². The number of hydrogen-bond donors (Lipinski definition) is 3. The van der Waals surface area contributed by atoms with Crippen LogP contribution in [-0.4, -0.2) is 73.9 Å². The van der Waals surface area contributed by atoms with Crippen molar-refractivity contribution in [3.8, 4) is 11.5 Å². The smallest absolute Gasteiger partial charge is 0.248 e. The van der Waals surface area contributed by atoms with E-state index in [0.717, 1.165) is 22.9 Å². The average Bonchev–Trinajstić information content (AvgIpc) is 3.06. The van der Waals surface area contributed by atoms with Gasteiger partial charge in [-0.1, -0.05) is 35.5 Å². The Morgan fingerprint density at radius 2 is 1.54 bits per heavy atom. The summed E-state index contributed by atoms with van der Waals surface area (Å²) in [6, 6.07) is 26.4. The lowest BCUT2D eigenvalue weighted by molar-refractivity contribution is -0.111. The topological polar surface area (TPSA) is 159 Å². The van der Waals surface area contributed by atoms with E-state index in [1.54, 1.807) is 12.1 Å². The number of ether oxygens (including phenoxy) is 3. The molecule has 0 saturated heterocycles. The van der Waals surface area contributed by atoms with Gasteiger partial charge in [-0.25, -0.2) is 9.97 Å². The monoisotopic (exact) mass is 623 g/mol. The van der Waals surface area contributed by atoms with Crippen LogP contribution in [0, 0.1) is 0 Å². The molecule has 1 amide bonds. The molecular weight excluding hydrogens is 586 g/mol. The number of aromatic nitrogens is 2. The Bertz CT molecular complexity index is 1580. The fraction of sp³-hybridized carbons (Fsp3) is 0.242. The summed E-state index contributed by atoms with van der Waals surface area (Å²) in [6.07, 6.45) is 4.79. The highest BCUT2D eigenvalue weighted by Crippen LogP contribution is 2.25. The van der Waals surface area contributed by atoms with Crippen LogP contribution in [-0.2, 0) is 14.3 Å². The highest BCUT2D eigenvalue weighted by molar-refractivity contribution is 5.99. The molecule has 4 aromatic rings. The number of nitrogens with one attached hydrogen (secondary N) is 3. The fourth-order valence-electron chi connectivity index (χ4n) is 4.00. The number of likely N-dealkylation sites (N-methyl/N-ethyl adjacent to an activating group) is 1. The number of azide groups is 1. The van der Waals surface area contributed by atoms with Gasteiger partial charge < -0.3 is 35.1 Å². The number of anilines is 5. The second-order valence-corrected chi connectivity index (χ2v) is 9.89. The number of carbonyl (C=O) groups is 1. The third-order valence-electron chi connectivity index (χ3n) is 6.25. The van der Waals surface area contributed by atoms with Gasteiger partial charge in [-0.3, -0.25) is 4.79 Å². The number of nitrogens with zero attached hydrogens (tertiary/aromatic N) is 6. The summed E-state index contributed by atoms with van der Waals surface area (Å²) in [4.78, 5) is 25.8. The number of benzene rings is 3. The van der Waals surface area contributed by atoms with Crippen molar-refractivity contribution in [2.45, 2.75) is 0 Å². The lowest BCUT2D eigenvalue weighted by atomic mass is 10.2. The molecule has 13 nitrogen and oxygen atoms in total. The number of rotatable bonds is 19. The molecule has 1 aromatic heterocycles. The van der Waals surface area contributed by atoms with E-state index in [4.69, 9.17) is 19.7 Å². The van der Waals surface area contributed by atoms with Gasteiger partial charge in [0.05, 0.1) is 26.4 Å². The molecule has 3 aromatic carbocycles. The van der Waals surface area contributed by atoms with Gasteiger partial charge in [0.25, 0.3) is 0 Å². The summed E-state index contributed by atoms with van der Waals surface area (Å²) in [5.74, 6) is 2.49. The van der Waals surface area contributed by atoms with Crippen molar-refractivity contribution in [3.63, 3.8) is 0 Å². The molecule has 0 aliphatic heterocycles. The first-order chi connectivity index (χ1) is 22.6. The SMILES string of the molecule is CN(CC=CC(=O)Nc1cccc(Nc2cc(Nc3ccc(Oc4ccccc4)cc3)ncn2)c1)CCOCCOCCN=[N+]=[N-]. The Kier molecular flexibility index (Phi) is 13.8. The lowest BCUT2D eigenvalue weighted by Gasteiger charge is -2.14. The number of amides is 1. The summed E-state index contributed by atoms with van der Waals surface area (Å²) in [7, 11) is 1.95. The molecule has 0 radical (unpaired) electrons. The first kappa shape index (κ1) is 33.4. The standard InChI is InChI=1S/C33H37N9O4/c1-42(18-20-45-22-21-44-19-16-37-41-34)17-6-11-33(43)40-28-8-5-7-27(23-28)39-32-24-31(35-25-36-32)38-26-12-14-30(15-13-26)46-29-9-3-2-4-10-29/h2-15,23-25H,16-22H2,1H3,(H,40,43)(H2,35,36,38,39). The van der Waals surface area contributed by atoms with Crippen LogP contribution >= 0.6 is 0 Å². The third-order valence-corrected chi connectivity index (χ3v) is 6.25. The van der Waals surface area contributed by atoms with Crippen LogP contribution in [0.15, 0.2) is 109 Å². The van der Waals surface area contributed by atoms with E-state index in [1.807, 2.05) is 90.8 Å². The number of para-hydroxylation sites is 1. The minimum absolute atomic E-state index is 0.228. The summed E-state index contributed by atoms with van der Waals surface area (Å²) in [6.45, 7) is 3.44. The summed E-state index contributed by atoms with van der Waals surface area (Å²) in [5.41, 5.74) is 10.5. The molecule has 0 atom stereocenters. The van der Waals surface area contributed by atoms with Crippen molar-refractivity contribution >= 4 is 34.6 Å².